The van der Waals surface area contributed by atoms with Crippen molar-refractivity contribution in [1.29, 1.82) is 0 Å². The number of fused-ring (bicyclic) bond motifs is 2. The Balaban J connectivity index is 1.49. The highest BCUT2D eigenvalue weighted by atomic mass is 16.5. The van der Waals surface area contributed by atoms with Crippen LogP contribution in [0, 0.1) is 6.92 Å². The molecule has 0 unspecified atom stereocenters. The third kappa shape index (κ3) is 3.61. The quantitative estimate of drug-likeness (QED) is 0.198. The Morgan fingerprint density at radius 2 is 1.49 bits per heavy atom. The molecule has 0 saturated heterocycles. The van der Waals surface area contributed by atoms with Crippen LogP contribution in [0.5, 0.6) is 11.5 Å². The topological polar surface area (TPSA) is 38.8 Å². The molecule has 5 aromatic carbocycles. The second-order valence-electron chi connectivity index (χ2n) is 9.76. The van der Waals surface area contributed by atoms with E-state index in [-0.39, 0.29) is 18.2 Å². The second kappa shape index (κ2) is 8.61. The summed E-state index contributed by atoms with van der Waals surface area (Å²) in [5, 5.41) is 1.74. The van der Waals surface area contributed by atoms with Gasteiger partial charge in [0.05, 0.1) is 11.6 Å². The second-order valence-corrected chi connectivity index (χ2v) is 9.76. The molecule has 7 rings (SSSR count). The largest absolute Gasteiger partial charge is 0.470 e. The van der Waals surface area contributed by atoms with Gasteiger partial charge in [-0.05, 0) is 30.2 Å². The fraction of sp³-hybridized carbons (Fsp3) is 0.121. The molecular formula is C33H25NO3. The molecule has 180 valence electrons. The third-order valence-corrected chi connectivity index (χ3v) is 7.37. The minimum absolute atomic E-state index is 0.111. The molecule has 0 amide bonds. The number of ether oxygens (including phenoxy) is 2. The number of aryl methyl sites for hydroxylation is 1. The molecule has 0 bridgehead atoms. The summed E-state index contributed by atoms with van der Waals surface area (Å²) in [4.78, 5) is 15.1. The zero-order valence-electron chi connectivity index (χ0n) is 20.4. The predicted molar refractivity (Wildman–Crippen MR) is 144 cm³/mol. The molecular weight excluding hydrogens is 458 g/mol. The lowest BCUT2D eigenvalue weighted by molar-refractivity contribution is -0.0247. The zero-order chi connectivity index (χ0) is 24.9. The van der Waals surface area contributed by atoms with Crippen molar-refractivity contribution in [2.45, 2.75) is 25.7 Å². The van der Waals surface area contributed by atoms with Crippen molar-refractivity contribution in [3.8, 4) is 11.5 Å². The average molecular weight is 484 g/mol. The summed E-state index contributed by atoms with van der Waals surface area (Å²) in [6.45, 7) is 2.79. The molecule has 0 aromatic heterocycles. The van der Waals surface area contributed by atoms with E-state index in [1.165, 1.54) is 11.1 Å². The number of benzene rings is 5. The smallest absolute Gasteiger partial charge is 0.344 e. The van der Waals surface area contributed by atoms with E-state index in [9.17, 15) is 4.79 Å². The van der Waals surface area contributed by atoms with Crippen molar-refractivity contribution >= 4 is 16.7 Å². The molecule has 2 heterocycles. The van der Waals surface area contributed by atoms with Gasteiger partial charge in [0, 0.05) is 28.4 Å². The Bertz CT molecular complexity index is 1630. The Labute approximate surface area is 215 Å². The van der Waals surface area contributed by atoms with Gasteiger partial charge < -0.3 is 9.47 Å². The lowest BCUT2D eigenvalue weighted by Gasteiger charge is -2.44. The van der Waals surface area contributed by atoms with Crippen LogP contribution in [0.3, 0.4) is 0 Å². The first-order chi connectivity index (χ1) is 18.2. The molecule has 4 heteroatoms. The Morgan fingerprint density at radius 1 is 0.784 bits per heavy atom. The maximum absolute atomic E-state index is 12.7. The SMILES string of the molecule is Cc1ccc(CN2[C@@H](c3ccccc3)c3cc4c5c(cccc5c3O[C@@H]2c2ccccc2)C(=O)O4)cc1. The molecule has 0 spiro atoms. The summed E-state index contributed by atoms with van der Waals surface area (Å²) in [7, 11) is 0. The molecule has 4 nitrogen and oxygen atoms in total. The van der Waals surface area contributed by atoms with E-state index >= 15 is 0 Å². The molecule has 5 aromatic rings. The van der Waals surface area contributed by atoms with Gasteiger partial charge in [-0.25, -0.2) is 9.69 Å². The first kappa shape index (κ1) is 21.8. The zero-order valence-corrected chi connectivity index (χ0v) is 20.4. The number of hydrogen-bond acceptors (Lipinski definition) is 4. The summed E-state index contributed by atoms with van der Waals surface area (Å²) in [5.41, 5.74) is 6.27. The predicted octanol–water partition coefficient (Wildman–Crippen LogP) is 7.36. The van der Waals surface area contributed by atoms with Gasteiger partial charge in [-0.3, -0.25) is 0 Å². The van der Waals surface area contributed by atoms with Gasteiger partial charge in [-0.15, -0.1) is 0 Å². The maximum Gasteiger partial charge on any atom is 0.344 e. The summed E-state index contributed by atoms with van der Waals surface area (Å²) in [6, 6.07) is 37.2. The lowest BCUT2D eigenvalue weighted by Crippen LogP contribution is -2.40. The summed E-state index contributed by atoms with van der Waals surface area (Å²) >= 11 is 0. The first-order valence-corrected chi connectivity index (χ1v) is 12.6. The highest BCUT2D eigenvalue weighted by Gasteiger charge is 2.40. The molecule has 2 atom stereocenters. The monoisotopic (exact) mass is 483 g/mol. The molecule has 2 aliphatic rings. The number of esters is 1. The van der Waals surface area contributed by atoms with Crippen molar-refractivity contribution in [2.24, 2.45) is 0 Å². The minimum Gasteiger partial charge on any atom is -0.470 e. The van der Waals surface area contributed by atoms with Crippen LogP contribution in [0.15, 0.2) is 109 Å². The molecule has 0 radical (unpaired) electrons. The summed E-state index contributed by atoms with van der Waals surface area (Å²) in [6.07, 6.45) is -0.324. The molecule has 0 aliphatic carbocycles. The van der Waals surface area contributed by atoms with Crippen LogP contribution in [0.1, 0.15) is 50.4 Å². The normalized spacial score (nSPS) is 18.4. The van der Waals surface area contributed by atoms with Crippen molar-refractivity contribution in [3.63, 3.8) is 0 Å². The number of rotatable bonds is 4. The van der Waals surface area contributed by atoms with Crippen LogP contribution in [-0.2, 0) is 6.54 Å². The Kier molecular flexibility index (Phi) is 5.08. The van der Waals surface area contributed by atoms with Crippen molar-refractivity contribution in [3.05, 3.63) is 143 Å². The van der Waals surface area contributed by atoms with Gasteiger partial charge in [-0.2, -0.15) is 0 Å². The van der Waals surface area contributed by atoms with Crippen molar-refractivity contribution in [1.82, 2.24) is 4.90 Å². The summed E-state index contributed by atoms with van der Waals surface area (Å²) < 4.78 is 12.7. The highest BCUT2D eigenvalue weighted by Crippen LogP contribution is 2.52. The van der Waals surface area contributed by atoms with Gasteiger partial charge >= 0.3 is 5.97 Å². The minimum atomic E-state index is -0.324. The van der Waals surface area contributed by atoms with Gasteiger partial charge in [0.15, 0.2) is 6.23 Å². The van der Waals surface area contributed by atoms with Crippen LogP contribution >= 0.6 is 0 Å². The third-order valence-electron chi connectivity index (χ3n) is 7.37. The molecule has 0 fully saturated rings. The van der Waals surface area contributed by atoms with Crippen LogP contribution < -0.4 is 9.47 Å². The first-order valence-electron chi connectivity index (χ1n) is 12.6. The van der Waals surface area contributed by atoms with Crippen LogP contribution in [-0.4, -0.2) is 10.9 Å². The van der Waals surface area contributed by atoms with Crippen molar-refractivity contribution in [2.75, 3.05) is 0 Å². The summed E-state index contributed by atoms with van der Waals surface area (Å²) in [5.74, 6) is 1.10. The standard InChI is InChI=1S/C33H25NO3/c1-21-15-17-22(18-16-21)20-34-30(23-9-4-2-5-10-23)27-19-28-29-25(13-8-14-26(29)33(35)36-28)31(27)37-32(34)24-11-6-3-7-12-24/h2-19,30,32H,20H2,1H3/t30-,32+/m0/s1. The van der Waals surface area contributed by atoms with Crippen molar-refractivity contribution < 1.29 is 14.3 Å². The van der Waals surface area contributed by atoms with Gasteiger partial charge in [0.25, 0.3) is 0 Å². The maximum atomic E-state index is 12.7. The van der Waals surface area contributed by atoms with E-state index in [0.717, 1.165) is 33.2 Å². The van der Waals surface area contributed by atoms with E-state index in [2.05, 4.69) is 84.6 Å². The van der Waals surface area contributed by atoms with E-state index in [1.54, 1.807) is 0 Å². The molecule has 2 aliphatic heterocycles. The average Bonchev–Trinajstić information content (AvgIpc) is 3.26. The number of nitrogens with zero attached hydrogens (tertiary/aromatic N) is 1. The van der Waals surface area contributed by atoms with Gasteiger partial charge in [0.1, 0.15) is 11.5 Å². The molecule has 37 heavy (non-hydrogen) atoms. The molecule has 0 saturated carbocycles. The highest BCUT2D eigenvalue weighted by molar-refractivity contribution is 6.14. The Morgan fingerprint density at radius 3 is 2.22 bits per heavy atom. The van der Waals surface area contributed by atoms with Crippen LogP contribution in [0.4, 0.5) is 0 Å². The lowest BCUT2D eigenvalue weighted by atomic mass is 9.89. The van der Waals surface area contributed by atoms with Crippen LogP contribution in [0.2, 0.25) is 0 Å². The van der Waals surface area contributed by atoms with E-state index in [0.29, 0.717) is 17.9 Å². The fourth-order valence-corrected chi connectivity index (χ4v) is 5.64. The van der Waals surface area contributed by atoms with E-state index < -0.39 is 0 Å². The number of hydrogen-bond donors (Lipinski definition) is 0. The Hall–Kier alpha value is -4.41. The fourth-order valence-electron chi connectivity index (χ4n) is 5.64. The number of carbonyl (C=O) groups is 1. The van der Waals surface area contributed by atoms with Gasteiger partial charge in [-0.1, -0.05) is 103 Å². The van der Waals surface area contributed by atoms with Gasteiger partial charge in [0.2, 0.25) is 0 Å². The van der Waals surface area contributed by atoms with E-state index in [1.807, 2.05) is 36.4 Å². The van der Waals surface area contributed by atoms with E-state index in [4.69, 9.17) is 9.47 Å². The number of carbonyl (C=O) groups excluding carboxylic acids is 1. The molecule has 0 N–H and O–H groups in total. The van der Waals surface area contributed by atoms with Crippen LogP contribution in [0.25, 0.3) is 10.8 Å².